The van der Waals surface area contributed by atoms with Gasteiger partial charge in [0.05, 0.1) is 4.92 Å². The zero-order chi connectivity index (χ0) is 10.7. The van der Waals surface area contributed by atoms with Gasteiger partial charge in [-0.1, -0.05) is 6.07 Å². The van der Waals surface area contributed by atoms with Crippen LogP contribution in [0.3, 0.4) is 0 Å². The van der Waals surface area contributed by atoms with Crippen molar-refractivity contribution in [2.75, 3.05) is 5.32 Å². The van der Waals surface area contributed by atoms with Gasteiger partial charge in [-0.15, -0.1) is 0 Å². The Bertz CT molecular complexity index is 467. The Morgan fingerprint density at radius 1 is 1.47 bits per heavy atom. The molecule has 0 atom stereocenters. The van der Waals surface area contributed by atoms with E-state index in [9.17, 15) is 10.1 Å². The summed E-state index contributed by atoms with van der Waals surface area (Å²) >= 11 is 0. The van der Waals surface area contributed by atoms with Gasteiger partial charge >= 0.3 is 0 Å². The van der Waals surface area contributed by atoms with Gasteiger partial charge in [0.25, 0.3) is 5.69 Å². The van der Waals surface area contributed by atoms with Crippen molar-refractivity contribution in [2.45, 2.75) is 0 Å². The number of aromatic nitrogens is 2. The highest BCUT2D eigenvalue weighted by atomic mass is 16.6. The molecule has 0 spiro atoms. The third-order valence-corrected chi connectivity index (χ3v) is 1.82. The van der Waals surface area contributed by atoms with E-state index in [0.29, 0.717) is 11.6 Å². The Balaban J connectivity index is 2.22. The first-order valence-corrected chi connectivity index (χ1v) is 4.26. The molecule has 15 heavy (non-hydrogen) atoms. The number of nitrogens with zero attached hydrogens (tertiary/aromatic N) is 2. The second-order valence-corrected chi connectivity index (χ2v) is 2.87. The van der Waals surface area contributed by atoms with Crippen LogP contribution in [0.2, 0.25) is 0 Å². The molecule has 0 bridgehead atoms. The Labute approximate surface area is 85.1 Å². The van der Waals surface area contributed by atoms with E-state index in [-0.39, 0.29) is 5.69 Å². The van der Waals surface area contributed by atoms with Crippen LogP contribution in [-0.4, -0.2) is 14.9 Å². The highest BCUT2D eigenvalue weighted by Crippen LogP contribution is 2.19. The first-order valence-electron chi connectivity index (χ1n) is 4.26. The summed E-state index contributed by atoms with van der Waals surface area (Å²) in [5.74, 6) is 0.551. The average Bonchev–Trinajstić information content (AvgIpc) is 2.71. The number of anilines is 2. The molecule has 2 aromatic rings. The summed E-state index contributed by atoms with van der Waals surface area (Å²) in [6.07, 6.45) is 3.26. The number of non-ortho nitro benzene ring substituents is 1. The van der Waals surface area contributed by atoms with Gasteiger partial charge in [-0.3, -0.25) is 10.1 Å². The maximum absolute atomic E-state index is 10.5. The van der Waals surface area contributed by atoms with E-state index in [0.717, 1.165) is 0 Å². The lowest BCUT2D eigenvalue weighted by molar-refractivity contribution is -0.384. The highest BCUT2D eigenvalue weighted by molar-refractivity contribution is 5.57. The molecule has 0 radical (unpaired) electrons. The van der Waals surface area contributed by atoms with Gasteiger partial charge in [-0.2, -0.15) is 0 Å². The van der Waals surface area contributed by atoms with Crippen molar-refractivity contribution in [3.05, 3.63) is 46.8 Å². The molecule has 0 aliphatic carbocycles. The number of hydrogen-bond acceptors (Lipinski definition) is 4. The highest BCUT2D eigenvalue weighted by Gasteiger charge is 2.05. The quantitative estimate of drug-likeness (QED) is 0.592. The van der Waals surface area contributed by atoms with Crippen molar-refractivity contribution in [3.63, 3.8) is 0 Å². The van der Waals surface area contributed by atoms with Crippen molar-refractivity contribution in [1.82, 2.24) is 9.97 Å². The van der Waals surface area contributed by atoms with E-state index >= 15 is 0 Å². The monoisotopic (exact) mass is 204 g/mol. The molecule has 0 unspecified atom stereocenters. The molecule has 0 fully saturated rings. The third kappa shape index (κ3) is 2.11. The minimum absolute atomic E-state index is 0.0477. The van der Waals surface area contributed by atoms with Crippen LogP contribution < -0.4 is 5.32 Å². The maximum atomic E-state index is 10.5. The lowest BCUT2D eigenvalue weighted by Gasteiger charge is -2.01. The van der Waals surface area contributed by atoms with E-state index in [1.165, 1.54) is 12.1 Å². The van der Waals surface area contributed by atoms with Gasteiger partial charge in [-0.25, -0.2) is 4.98 Å². The molecule has 1 heterocycles. The molecule has 2 N–H and O–H groups in total. The smallest absolute Gasteiger partial charge is 0.271 e. The summed E-state index contributed by atoms with van der Waals surface area (Å²) in [6, 6.07) is 6.23. The summed E-state index contributed by atoms with van der Waals surface area (Å²) in [6.45, 7) is 0. The summed E-state index contributed by atoms with van der Waals surface area (Å²) in [4.78, 5) is 16.9. The molecule has 1 aromatic heterocycles. The van der Waals surface area contributed by atoms with Crippen LogP contribution in [0, 0.1) is 10.1 Å². The van der Waals surface area contributed by atoms with E-state index in [4.69, 9.17) is 0 Å². The predicted molar refractivity (Wildman–Crippen MR) is 55.0 cm³/mol. The van der Waals surface area contributed by atoms with Crippen LogP contribution in [0.5, 0.6) is 0 Å². The topological polar surface area (TPSA) is 83.8 Å². The van der Waals surface area contributed by atoms with Gasteiger partial charge < -0.3 is 10.3 Å². The molecule has 0 aliphatic rings. The largest absolute Gasteiger partial charge is 0.331 e. The van der Waals surface area contributed by atoms with Crippen molar-refractivity contribution >= 4 is 17.3 Å². The van der Waals surface area contributed by atoms with Crippen LogP contribution in [-0.2, 0) is 0 Å². The first kappa shape index (κ1) is 9.20. The SMILES string of the molecule is O=[N+]([O-])c1cccc(Nc2ncc[nH]2)c1. The summed E-state index contributed by atoms with van der Waals surface area (Å²) in [5.41, 5.74) is 0.672. The van der Waals surface area contributed by atoms with Crippen molar-refractivity contribution in [1.29, 1.82) is 0 Å². The number of benzene rings is 1. The summed E-state index contributed by atoms with van der Waals surface area (Å²) in [7, 11) is 0. The van der Waals surface area contributed by atoms with Crippen LogP contribution in [0.15, 0.2) is 36.7 Å². The van der Waals surface area contributed by atoms with Gasteiger partial charge in [0.1, 0.15) is 0 Å². The zero-order valence-corrected chi connectivity index (χ0v) is 7.68. The van der Waals surface area contributed by atoms with Crippen molar-refractivity contribution in [3.8, 4) is 0 Å². The number of aromatic amines is 1. The molecular weight excluding hydrogens is 196 g/mol. The molecule has 0 amide bonds. The summed E-state index contributed by atoms with van der Waals surface area (Å²) < 4.78 is 0. The van der Waals surface area contributed by atoms with Gasteiger partial charge in [0.2, 0.25) is 5.95 Å². The molecule has 0 saturated heterocycles. The minimum atomic E-state index is -0.437. The third-order valence-electron chi connectivity index (χ3n) is 1.82. The number of H-pyrrole nitrogens is 1. The lowest BCUT2D eigenvalue weighted by Crippen LogP contribution is -1.94. The average molecular weight is 204 g/mol. The number of nitrogens with one attached hydrogen (secondary N) is 2. The standard InChI is InChI=1S/C9H8N4O2/c14-13(15)8-3-1-2-7(6-8)12-9-10-4-5-11-9/h1-6H,(H2,10,11,12). The number of nitro benzene ring substituents is 1. The number of rotatable bonds is 3. The fraction of sp³-hybridized carbons (Fsp3) is 0. The Kier molecular flexibility index (Phi) is 2.32. The molecule has 76 valence electrons. The number of imidazole rings is 1. The van der Waals surface area contributed by atoms with Gasteiger partial charge in [0.15, 0.2) is 0 Å². The molecule has 1 aromatic carbocycles. The Morgan fingerprint density at radius 2 is 2.33 bits per heavy atom. The second-order valence-electron chi connectivity index (χ2n) is 2.87. The van der Waals surface area contributed by atoms with Gasteiger partial charge in [-0.05, 0) is 6.07 Å². The normalized spacial score (nSPS) is 9.87. The molecule has 0 saturated carbocycles. The molecule has 0 aliphatic heterocycles. The maximum Gasteiger partial charge on any atom is 0.271 e. The fourth-order valence-corrected chi connectivity index (χ4v) is 1.17. The molecular formula is C9H8N4O2. The predicted octanol–water partition coefficient (Wildman–Crippen LogP) is 2.06. The van der Waals surface area contributed by atoms with E-state index < -0.39 is 4.92 Å². The fourth-order valence-electron chi connectivity index (χ4n) is 1.17. The van der Waals surface area contributed by atoms with E-state index in [1.807, 2.05) is 0 Å². The lowest BCUT2D eigenvalue weighted by atomic mass is 10.3. The van der Waals surface area contributed by atoms with Crippen LogP contribution in [0.1, 0.15) is 0 Å². The Hall–Kier alpha value is -2.37. The van der Waals surface area contributed by atoms with Gasteiger partial charge in [0, 0.05) is 30.2 Å². The molecule has 6 heteroatoms. The molecule has 2 rings (SSSR count). The minimum Gasteiger partial charge on any atom is -0.331 e. The number of nitro groups is 1. The Morgan fingerprint density at radius 3 is 3.00 bits per heavy atom. The number of hydrogen-bond donors (Lipinski definition) is 2. The van der Waals surface area contributed by atoms with Crippen LogP contribution in [0.25, 0.3) is 0 Å². The van der Waals surface area contributed by atoms with E-state index in [2.05, 4.69) is 15.3 Å². The summed E-state index contributed by atoms with van der Waals surface area (Å²) in [5, 5.41) is 13.4. The first-order chi connectivity index (χ1) is 7.25. The molecule has 6 nitrogen and oxygen atoms in total. The van der Waals surface area contributed by atoms with E-state index in [1.54, 1.807) is 24.5 Å². The van der Waals surface area contributed by atoms with Crippen LogP contribution >= 0.6 is 0 Å². The zero-order valence-electron chi connectivity index (χ0n) is 7.68. The van der Waals surface area contributed by atoms with Crippen molar-refractivity contribution in [2.24, 2.45) is 0 Å². The second kappa shape index (κ2) is 3.79. The van der Waals surface area contributed by atoms with Crippen molar-refractivity contribution < 1.29 is 4.92 Å². The van der Waals surface area contributed by atoms with Crippen LogP contribution in [0.4, 0.5) is 17.3 Å².